The molecular formula is C13H16N2O2. The first-order chi connectivity index (χ1) is 8.25. The number of benzene rings is 1. The normalized spacial score (nSPS) is 19.9. The third-order valence-corrected chi connectivity index (χ3v) is 3.52. The second-order valence-electron chi connectivity index (χ2n) is 4.63. The van der Waals surface area contributed by atoms with E-state index in [1.54, 1.807) is 4.90 Å². The van der Waals surface area contributed by atoms with Crippen LogP contribution >= 0.6 is 0 Å². The van der Waals surface area contributed by atoms with Crippen molar-refractivity contribution in [2.24, 2.45) is 0 Å². The highest BCUT2D eigenvalue weighted by atomic mass is 16.5. The minimum Gasteiger partial charge on any atom is -0.362 e. The van der Waals surface area contributed by atoms with Gasteiger partial charge >= 0.3 is 6.03 Å². The van der Waals surface area contributed by atoms with Gasteiger partial charge in [-0.1, -0.05) is 24.3 Å². The maximum absolute atomic E-state index is 11.6. The van der Waals surface area contributed by atoms with Gasteiger partial charge in [-0.2, -0.15) is 0 Å². The molecule has 4 heteroatoms. The number of carbonyl (C=O) groups excluding carboxylic acids is 1. The van der Waals surface area contributed by atoms with Gasteiger partial charge < -0.3 is 15.0 Å². The number of hydrogen-bond acceptors (Lipinski definition) is 2. The Labute approximate surface area is 101 Å². The fourth-order valence-electron chi connectivity index (χ4n) is 2.62. The molecule has 90 valence electrons. The van der Waals surface area contributed by atoms with Crippen LogP contribution in [-0.2, 0) is 16.9 Å². The molecule has 0 atom stereocenters. The molecule has 1 spiro atoms. The molecule has 0 saturated carbocycles. The smallest absolute Gasteiger partial charge is 0.317 e. The van der Waals surface area contributed by atoms with Crippen LogP contribution in [0.2, 0.25) is 0 Å². The molecule has 2 amide bonds. The molecule has 1 saturated heterocycles. The molecule has 2 aliphatic rings. The van der Waals surface area contributed by atoms with Crippen LogP contribution in [0.15, 0.2) is 24.3 Å². The average molecular weight is 232 g/mol. The fourth-order valence-corrected chi connectivity index (χ4v) is 2.62. The second-order valence-corrected chi connectivity index (χ2v) is 4.63. The van der Waals surface area contributed by atoms with E-state index in [2.05, 4.69) is 17.4 Å². The molecule has 1 aromatic carbocycles. The average Bonchev–Trinajstić information content (AvgIpc) is 2.67. The van der Waals surface area contributed by atoms with E-state index in [4.69, 9.17) is 4.74 Å². The van der Waals surface area contributed by atoms with Crippen molar-refractivity contribution in [1.82, 2.24) is 10.2 Å². The van der Waals surface area contributed by atoms with Crippen LogP contribution in [0.5, 0.6) is 0 Å². The number of likely N-dealkylation sites (tertiary alicyclic amines) is 1. The molecule has 0 radical (unpaired) electrons. The molecule has 0 bridgehead atoms. The lowest BCUT2D eigenvalue weighted by atomic mass is 9.85. The fraction of sp³-hybridized carbons (Fsp3) is 0.462. The number of rotatable bonds is 1. The topological polar surface area (TPSA) is 41.6 Å². The van der Waals surface area contributed by atoms with Crippen LogP contribution in [0, 0.1) is 0 Å². The SMILES string of the molecule is CCNC(=O)N1CC2(C1)OCc1ccccc12. The van der Waals surface area contributed by atoms with Gasteiger partial charge in [-0.25, -0.2) is 4.79 Å². The summed E-state index contributed by atoms with van der Waals surface area (Å²) >= 11 is 0. The van der Waals surface area contributed by atoms with Crippen LogP contribution in [0.1, 0.15) is 18.1 Å². The lowest BCUT2D eigenvalue weighted by Crippen LogP contribution is -2.63. The molecule has 1 aromatic rings. The summed E-state index contributed by atoms with van der Waals surface area (Å²) in [6.45, 7) is 4.58. The summed E-state index contributed by atoms with van der Waals surface area (Å²) in [5, 5.41) is 2.81. The maximum Gasteiger partial charge on any atom is 0.317 e. The molecule has 17 heavy (non-hydrogen) atoms. The zero-order valence-corrected chi connectivity index (χ0v) is 9.90. The minimum absolute atomic E-state index is 0.00565. The van der Waals surface area contributed by atoms with Crippen LogP contribution in [0.25, 0.3) is 0 Å². The Morgan fingerprint density at radius 1 is 1.47 bits per heavy atom. The molecular weight excluding hydrogens is 216 g/mol. The zero-order valence-electron chi connectivity index (χ0n) is 9.90. The maximum atomic E-state index is 11.6. The summed E-state index contributed by atoms with van der Waals surface area (Å²) in [6.07, 6.45) is 0. The number of fused-ring (bicyclic) bond motifs is 2. The van der Waals surface area contributed by atoms with Crippen molar-refractivity contribution in [2.45, 2.75) is 19.1 Å². The summed E-state index contributed by atoms with van der Waals surface area (Å²) in [7, 11) is 0. The van der Waals surface area contributed by atoms with Crippen LogP contribution in [-0.4, -0.2) is 30.6 Å². The van der Waals surface area contributed by atoms with E-state index in [0.717, 1.165) is 0 Å². The molecule has 1 fully saturated rings. The van der Waals surface area contributed by atoms with E-state index >= 15 is 0 Å². The first-order valence-electron chi connectivity index (χ1n) is 6.00. The van der Waals surface area contributed by atoms with E-state index in [1.165, 1.54) is 11.1 Å². The Kier molecular flexibility index (Phi) is 2.33. The minimum atomic E-state index is -0.234. The number of nitrogens with zero attached hydrogens (tertiary/aromatic N) is 1. The monoisotopic (exact) mass is 232 g/mol. The van der Waals surface area contributed by atoms with Gasteiger partial charge in [0.2, 0.25) is 0 Å². The quantitative estimate of drug-likeness (QED) is 0.796. The number of urea groups is 1. The van der Waals surface area contributed by atoms with E-state index in [-0.39, 0.29) is 11.6 Å². The van der Waals surface area contributed by atoms with E-state index < -0.39 is 0 Å². The van der Waals surface area contributed by atoms with E-state index in [9.17, 15) is 4.79 Å². The molecule has 1 N–H and O–H groups in total. The van der Waals surface area contributed by atoms with Gasteiger partial charge in [0.05, 0.1) is 19.7 Å². The van der Waals surface area contributed by atoms with Crippen molar-refractivity contribution in [2.75, 3.05) is 19.6 Å². The van der Waals surface area contributed by atoms with Gasteiger partial charge in [-0.05, 0) is 18.1 Å². The molecule has 2 heterocycles. The lowest BCUT2D eigenvalue weighted by Gasteiger charge is -2.47. The van der Waals surface area contributed by atoms with Gasteiger partial charge in [0.25, 0.3) is 0 Å². The molecule has 3 rings (SSSR count). The third kappa shape index (κ3) is 1.52. The highest BCUT2D eigenvalue weighted by Crippen LogP contribution is 2.43. The van der Waals surface area contributed by atoms with Gasteiger partial charge in [0.15, 0.2) is 0 Å². The zero-order chi connectivity index (χ0) is 11.9. The Morgan fingerprint density at radius 2 is 2.24 bits per heavy atom. The van der Waals surface area contributed by atoms with Crippen molar-refractivity contribution in [3.63, 3.8) is 0 Å². The van der Waals surface area contributed by atoms with Gasteiger partial charge in [0.1, 0.15) is 5.60 Å². The standard InChI is InChI=1S/C13H16N2O2/c1-2-14-12(16)15-8-13(9-15)11-6-4-3-5-10(11)7-17-13/h3-6H,2,7-9H2,1H3,(H,14,16). The largest absolute Gasteiger partial charge is 0.362 e. The highest BCUT2D eigenvalue weighted by Gasteiger charge is 2.51. The summed E-state index contributed by atoms with van der Waals surface area (Å²) < 4.78 is 5.88. The van der Waals surface area contributed by atoms with Gasteiger partial charge in [-0.3, -0.25) is 0 Å². The molecule has 0 aromatic heterocycles. The first-order valence-corrected chi connectivity index (χ1v) is 6.00. The molecule has 2 aliphatic heterocycles. The third-order valence-electron chi connectivity index (χ3n) is 3.52. The van der Waals surface area contributed by atoms with Crippen LogP contribution in [0.4, 0.5) is 4.79 Å². The first kappa shape index (κ1) is 10.6. The van der Waals surface area contributed by atoms with Crippen LogP contribution in [0.3, 0.4) is 0 Å². The predicted molar refractivity (Wildman–Crippen MR) is 63.6 cm³/mol. The number of carbonyl (C=O) groups is 1. The van der Waals surface area contributed by atoms with Crippen molar-refractivity contribution in [3.05, 3.63) is 35.4 Å². The summed E-state index contributed by atoms with van der Waals surface area (Å²) in [4.78, 5) is 13.4. The summed E-state index contributed by atoms with van der Waals surface area (Å²) in [5.74, 6) is 0. The Hall–Kier alpha value is -1.55. The van der Waals surface area contributed by atoms with E-state index in [0.29, 0.717) is 26.2 Å². The van der Waals surface area contributed by atoms with E-state index in [1.807, 2.05) is 19.1 Å². The molecule has 4 nitrogen and oxygen atoms in total. The predicted octanol–water partition coefficient (Wildman–Crippen LogP) is 1.46. The summed E-state index contributed by atoms with van der Waals surface area (Å²) in [6, 6.07) is 8.27. The number of ether oxygens (including phenoxy) is 1. The van der Waals surface area contributed by atoms with Crippen molar-refractivity contribution >= 4 is 6.03 Å². The summed E-state index contributed by atoms with van der Waals surface area (Å²) in [5.41, 5.74) is 2.27. The van der Waals surface area contributed by atoms with Gasteiger partial charge in [0, 0.05) is 6.54 Å². The number of nitrogens with one attached hydrogen (secondary N) is 1. The highest BCUT2D eigenvalue weighted by molar-refractivity contribution is 5.75. The lowest BCUT2D eigenvalue weighted by molar-refractivity contribution is -0.124. The number of hydrogen-bond donors (Lipinski definition) is 1. The molecule has 0 aliphatic carbocycles. The van der Waals surface area contributed by atoms with Crippen molar-refractivity contribution in [1.29, 1.82) is 0 Å². The Balaban J connectivity index is 1.75. The molecule has 0 unspecified atom stereocenters. The van der Waals surface area contributed by atoms with Gasteiger partial charge in [-0.15, -0.1) is 0 Å². The second kappa shape index (κ2) is 3.74. The Morgan fingerprint density at radius 3 is 3.00 bits per heavy atom. The van der Waals surface area contributed by atoms with Crippen LogP contribution < -0.4 is 5.32 Å². The number of amides is 2. The Bertz CT molecular complexity index is 452. The van der Waals surface area contributed by atoms with Crippen molar-refractivity contribution in [3.8, 4) is 0 Å². The van der Waals surface area contributed by atoms with Crippen molar-refractivity contribution < 1.29 is 9.53 Å².